The van der Waals surface area contributed by atoms with E-state index < -0.39 is 0 Å². The minimum Gasteiger partial charge on any atom is -0.344 e. The lowest BCUT2D eigenvalue weighted by Crippen LogP contribution is -1.66. The van der Waals surface area contributed by atoms with Crippen LogP contribution in [0.1, 0.15) is 27.7 Å². The average molecular weight is 118 g/mol. The molecule has 2 heteroatoms. The summed E-state index contributed by atoms with van der Waals surface area (Å²) in [6.45, 7) is 8.48. The van der Waals surface area contributed by atoms with Crippen molar-refractivity contribution in [1.82, 2.24) is 12.3 Å². The van der Waals surface area contributed by atoms with Crippen LogP contribution in [-0.2, 0) is 0 Å². The maximum absolute atomic E-state index is 2.12. The Morgan fingerprint density at radius 3 is 0.750 bits per heavy atom. The van der Waals surface area contributed by atoms with E-state index in [4.69, 9.17) is 0 Å². The van der Waals surface area contributed by atoms with Crippen molar-refractivity contribution in [3.05, 3.63) is 11.1 Å². The first-order valence-electron chi connectivity index (χ1n) is 2.25. The lowest BCUT2D eigenvalue weighted by atomic mass is 10.2. The molecular formula is C6H18N2. The first kappa shape index (κ1) is 15.6. The van der Waals surface area contributed by atoms with Crippen LogP contribution in [-0.4, -0.2) is 0 Å². The molecule has 0 heterocycles. The summed E-state index contributed by atoms with van der Waals surface area (Å²) in [5.41, 5.74) is 2.85. The molecule has 0 aromatic rings. The van der Waals surface area contributed by atoms with E-state index in [2.05, 4.69) is 27.7 Å². The monoisotopic (exact) mass is 118 g/mol. The van der Waals surface area contributed by atoms with Crippen LogP contribution in [0.5, 0.6) is 0 Å². The van der Waals surface area contributed by atoms with Gasteiger partial charge in [-0.3, -0.25) is 0 Å². The molecule has 0 spiro atoms. The molecule has 0 aliphatic rings. The van der Waals surface area contributed by atoms with Gasteiger partial charge in [-0.05, 0) is 27.7 Å². The molecule has 0 radical (unpaired) electrons. The van der Waals surface area contributed by atoms with Crippen molar-refractivity contribution >= 4 is 0 Å². The highest BCUT2D eigenvalue weighted by Crippen LogP contribution is 1.96. The standard InChI is InChI=1S/C6H12.2H3N/c1-5(2)6(3)4;;/h1-4H3;2*1H3. The molecule has 0 aliphatic heterocycles. The van der Waals surface area contributed by atoms with Crippen LogP contribution in [0.2, 0.25) is 0 Å². The second-order valence-corrected chi connectivity index (χ2v) is 2.00. The van der Waals surface area contributed by atoms with Gasteiger partial charge in [-0.2, -0.15) is 0 Å². The third-order valence-corrected chi connectivity index (χ3v) is 1.00. The predicted octanol–water partition coefficient (Wildman–Crippen LogP) is 2.69. The summed E-state index contributed by atoms with van der Waals surface area (Å²) in [7, 11) is 0. The van der Waals surface area contributed by atoms with Crippen molar-refractivity contribution < 1.29 is 0 Å². The maximum atomic E-state index is 2.12. The number of hydrogen-bond acceptors (Lipinski definition) is 2. The van der Waals surface area contributed by atoms with Gasteiger partial charge < -0.3 is 12.3 Å². The van der Waals surface area contributed by atoms with Crippen LogP contribution in [0.15, 0.2) is 11.1 Å². The molecule has 0 rings (SSSR count). The zero-order valence-corrected chi connectivity index (χ0v) is 6.41. The fraction of sp³-hybridized carbons (Fsp3) is 0.667. The molecule has 52 valence electrons. The lowest BCUT2D eigenvalue weighted by molar-refractivity contribution is 1.23. The van der Waals surface area contributed by atoms with Crippen LogP contribution in [0.25, 0.3) is 0 Å². The van der Waals surface area contributed by atoms with E-state index in [0.717, 1.165) is 0 Å². The molecule has 8 heavy (non-hydrogen) atoms. The summed E-state index contributed by atoms with van der Waals surface area (Å²) in [4.78, 5) is 0. The van der Waals surface area contributed by atoms with Gasteiger partial charge in [0, 0.05) is 0 Å². The highest BCUT2D eigenvalue weighted by atomic mass is 14.0. The van der Waals surface area contributed by atoms with E-state index in [-0.39, 0.29) is 12.3 Å². The molecule has 0 bridgehead atoms. The Labute approximate surface area is 52.1 Å². The van der Waals surface area contributed by atoms with Crippen molar-refractivity contribution in [2.45, 2.75) is 27.7 Å². The molecule has 0 amide bonds. The SMILES string of the molecule is CC(C)=C(C)C.N.N. The number of allylic oxidation sites excluding steroid dienone is 2. The van der Waals surface area contributed by atoms with E-state index in [1.165, 1.54) is 11.1 Å². The van der Waals surface area contributed by atoms with E-state index >= 15 is 0 Å². The fourth-order valence-corrected chi connectivity index (χ4v) is 0. The van der Waals surface area contributed by atoms with Gasteiger partial charge in [-0.15, -0.1) is 0 Å². The molecule has 0 saturated heterocycles. The Hall–Kier alpha value is -0.340. The molecule has 2 nitrogen and oxygen atoms in total. The van der Waals surface area contributed by atoms with Crippen molar-refractivity contribution in [2.24, 2.45) is 0 Å². The number of hydrogen-bond donors (Lipinski definition) is 2. The van der Waals surface area contributed by atoms with Crippen molar-refractivity contribution in [1.29, 1.82) is 0 Å². The van der Waals surface area contributed by atoms with E-state index in [1.54, 1.807) is 0 Å². The molecule has 0 aromatic heterocycles. The second kappa shape index (κ2) is 6.66. The summed E-state index contributed by atoms with van der Waals surface area (Å²) in [6.07, 6.45) is 0. The molecule has 0 aliphatic carbocycles. The Kier molecular flexibility index (Phi) is 13.0. The molecular weight excluding hydrogens is 100 g/mol. The van der Waals surface area contributed by atoms with Gasteiger partial charge in [0.15, 0.2) is 0 Å². The topological polar surface area (TPSA) is 70.0 Å². The van der Waals surface area contributed by atoms with Crippen LogP contribution in [0.4, 0.5) is 0 Å². The third kappa shape index (κ3) is 9.18. The summed E-state index contributed by atoms with van der Waals surface area (Å²) in [5, 5.41) is 0. The van der Waals surface area contributed by atoms with Gasteiger partial charge in [0.2, 0.25) is 0 Å². The van der Waals surface area contributed by atoms with Crippen molar-refractivity contribution in [3.8, 4) is 0 Å². The third-order valence-electron chi connectivity index (χ3n) is 1.00. The fourth-order valence-electron chi connectivity index (χ4n) is 0. The number of rotatable bonds is 0. The van der Waals surface area contributed by atoms with Crippen molar-refractivity contribution in [3.63, 3.8) is 0 Å². The minimum absolute atomic E-state index is 0. The maximum Gasteiger partial charge on any atom is -0.0440 e. The highest BCUT2D eigenvalue weighted by molar-refractivity contribution is 5.02. The van der Waals surface area contributed by atoms with Gasteiger partial charge in [0.25, 0.3) is 0 Å². The Balaban J connectivity index is -0.000000125. The first-order chi connectivity index (χ1) is 2.64. The van der Waals surface area contributed by atoms with Crippen LogP contribution < -0.4 is 12.3 Å². The first-order valence-corrected chi connectivity index (χ1v) is 2.25. The van der Waals surface area contributed by atoms with Gasteiger partial charge >= 0.3 is 0 Å². The Morgan fingerprint density at radius 2 is 0.750 bits per heavy atom. The quantitative estimate of drug-likeness (QED) is 0.480. The van der Waals surface area contributed by atoms with Gasteiger partial charge in [0.05, 0.1) is 0 Å². The minimum atomic E-state index is 0. The zero-order valence-electron chi connectivity index (χ0n) is 6.41. The molecule has 0 atom stereocenters. The molecule has 0 fully saturated rings. The highest BCUT2D eigenvalue weighted by Gasteiger charge is 1.75. The van der Waals surface area contributed by atoms with Crippen LogP contribution >= 0.6 is 0 Å². The van der Waals surface area contributed by atoms with Gasteiger partial charge in [-0.25, -0.2) is 0 Å². The van der Waals surface area contributed by atoms with Crippen LogP contribution in [0.3, 0.4) is 0 Å². The summed E-state index contributed by atoms with van der Waals surface area (Å²) in [5.74, 6) is 0. The molecule has 0 unspecified atom stereocenters. The van der Waals surface area contributed by atoms with E-state index in [9.17, 15) is 0 Å². The molecule has 0 saturated carbocycles. The Morgan fingerprint density at radius 1 is 0.625 bits per heavy atom. The smallest absolute Gasteiger partial charge is 0.0440 e. The normalized spacial score (nSPS) is 6.00. The Bertz CT molecular complexity index is 56.6. The summed E-state index contributed by atoms with van der Waals surface area (Å²) in [6, 6.07) is 0. The van der Waals surface area contributed by atoms with Gasteiger partial charge in [-0.1, -0.05) is 11.1 Å². The second-order valence-electron chi connectivity index (χ2n) is 2.00. The largest absolute Gasteiger partial charge is 0.344 e. The lowest BCUT2D eigenvalue weighted by Gasteiger charge is -1.88. The van der Waals surface area contributed by atoms with E-state index in [0.29, 0.717) is 0 Å². The summed E-state index contributed by atoms with van der Waals surface area (Å²) >= 11 is 0. The predicted molar refractivity (Wildman–Crippen MR) is 39.8 cm³/mol. The van der Waals surface area contributed by atoms with Gasteiger partial charge in [0.1, 0.15) is 0 Å². The van der Waals surface area contributed by atoms with Crippen molar-refractivity contribution in [2.75, 3.05) is 0 Å². The summed E-state index contributed by atoms with van der Waals surface area (Å²) < 4.78 is 0. The van der Waals surface area contributed by atoms with E-state index in [1.807, 2.05) is 0 Å². The molecule has 0 aromatic carbocycles. The zero-order chi connectivity index (χ0) is 5.15. The average Bonchev–Trinajstić information content (AvgIpc) is 1.36. The van der Waals surface area contributed by atoms with Crippen LogP contribution in [0, 0.1) is 0 Å². The molecule has 6 N–H and O–H groups in total.